The summed E-state index contributed by atoms with van der Waals surface area (Å²) in [4.78, 5) is 8.45. The zero-order valence-corrected chi connectivity index (χ0v) is 10.2. The zero-order chi connectivity index (χ0) is 11.5. The molecule has 2 rings (SSSR count). The van der Waals surface area contributed by atoms with Gasteiger partial charge in [0.25, 0.3) is 0 Å². The molecule has 88 valence electrons. The Hall–Kier alpha value is -0.870. The number of aryl methyl sites for hydroxylation is 1. The second-order valence-corrected chi connectivity index (χ2v) is 4.74. The minimum atomic E-state index is 0.191. The van der Waals surface area contributed by atoms with E-state index in [1.165, 1.54) is 12.8 Å². The van der Waals surface area contributed by atoms with Crippen LogP contribution in [-0.4, -0.2) is 22.1 Å². The molecule has 3 N–H and O–H groups in total. The fourth-order valence-electron chi connectivity index (χ4n) is 2.10. The van der Waals surface area contributed by atoms with Crippen molar-refractivity contribution in [3.8, 4) is 0 Å². The highest BCUT2D eigenvalue weighted by Gasteiger charge is 2.22. The molecule has 1 aromatic rings. The average molecular weight is 241 g/mol. The van der Waals surface area contributed by atoms with Gasteiger partial charge < -0.3 is 11.1 Å². The van der Waals surface area contributed by atoms with Crippen molar-refractivity contribution in [2.45, 2.75) is 44.7 Å². The van der Waals surface area contributed by atoms with Crippen LogP contribution in [0.4, 0.5) is 5.95 Å². The highest BCUT2D eigenvalue weighted by atomic mass is 35.5. The molecule has 1 heterocycles. The van der Waals surface area contributed by atoms with Gasteiger partial charge in [-0.3, -0.25) is 0 Å². The van der Waals surface area contributed by atoms with Crippen molar-refractivity contribution < 1.29 is 0 Å². The first-order valence-electron chi connectivity index (χ1n) is 5.68. The Kier molecular flexibility index (Phi) is 3.61. The number of nitrogens with two attached hydrogens (primary N) is 1. The highest BCUT2D eigenvalue weighted by molar-refractivity contribution is 6.29. The third-order valence-electron chi connectivity index (χ3n) is 2.96. The van der Waals surface area contributed by atoms with E-state index in [-0.39, 0.29) is 12.1 Å². The number of nitrogens with one attached hydrogen (secondary N) is 1. The van der Waals surface area contributed by atoms with E-state index in [1.807, 2.05) is 6.92 Å². The van der Waals surface area contributed by atoms with Gasteiger partial charge in [-0.2, -0.15) is 0 Å². The maximum atomic E-state index is 6.05. The first-order valence-corrected chi connectivity index (χ1v) is 6.06. The molecule has 5 heteroatoms. The van der Waals surface area contributed by atoms with Crippen molar-refractivity contribution in [1.82, 2.24) is 9.97 Å². The molecule has 0 aromatic carbocycles. The van der Waals surface area contributed by atoms with Gasteiger partial charge in [0.15, 0.2) is 0 Å². The summed E-state index contributed by atoms with van der Waals surface area (Å²) in [6.45, 7) is 1.90. The monoisotopic (exact) mass is 240 g/mol. The second kappa shape index (κ2) is 4.97. The Bertz CT molecular complexity index is 349. The molecule has 0 bridgehead atoms. The third-order valence-corrected chi connectivity index (χ3v) is 3.15. The molecule has 16 heavy (non-hydrogen) atoms. The number of nitrogens with zero attached hydrogens (tertiary/aromatic N) is 2. The van der Waals surface area contributed by atoms with Crippen LogP contribution < -0.4 is 11.1 Å². The van der Waals surface area contributed by atoms with Gasteiger partial charge in [0.05, 0.1) is 0 Å². The van der Waals surface area contributed by atoms with Crippen LogP contribution in [0.1, 0.15) is 31.4 Å². The van der Waals surface area contributed by atoms with Gasteiger partial charge in [0, 0.05) is 17.8 Å². The largest absolute Gasteiger partial charge is 0.350 e. The number of halogens is 1. The summed E-state index contributed by atoms with van der Waals surface area (Å²) in [6.07, 6.45) is 4.58. The molecule has 1 saturated carbocycles. The van der Waals surface area contributed by atoms with Crippen LogP contribution in [-0.2, 0) is 0 Å². The van der Waals surface area contributed by atoms with Gasteiger partial charge in [-0.1, -0.05) is 24.4 Å². The number of aromatic nitrogens is 2. The Morgan fingerprint density at radius 1 is 1.38 bits per heavy atom. The molecule has 1 aliphatic rings. The highest BCUT2D eigenvalue weighted by Crippen LogP contribution is 2.20. The van der Waals surface area contributed by atoms with E-state index >= 15 is 0 Å². The summed E-state index contributed by atoms with van der Waals surface area (Å²) >= 11 is 5.88. The minimum Gasteiger partial charge on any atom is -0.350 e. The van der Waals surface area contributed by atoms with Gasteiger partial charge >= 0.3 is 0 Å². The molecule has 0 amide bonds. The van der Waals surface area contributed by atoms with Gasteiger partial charge in [-0.25, -0.2) is 9.97 Å². The lowest BCUT2D eigenvalue weighted by atomic mass is 9.91. The van der Waals surface area contributed by atoms with Gasteiger partial charge in [0.2, 0.25) is 5.95 Å². The fraction of sp³-hybridized carbons (Fsp3) is 0.636. The minimum absolute atomic E-state index is 0.191. The standard InChI is InChI=1S/C11H17ClN4/c1-7-6-10(12)16-11(14-7)15-9-5-3-2-4-8(9)13/h6,8-9H,2-5,13H2,1H3,(H,14,15,16)/t8-,9+/m1/s1. The fourth-order valence-corrected chi connectivity index (χ4v) is 2.34. The van der Waals surface area contributed by atoms with Crippen LogP contribution in [0.25, 0.3) is 0 Å². The van der Waals surface area contributed by atoms with E-state index < -0.39 is 0 Å². The van der Waals surface area contributed by atoms with E-state index in [9.17, 15) is 0 Å². The third kappa shape index (κ3) is 2.83. The van der Waals surface area contributed by atoms with Gasteiger partial charge in [-0.15, -0.1) is 0 Å². The van der Waals surface area contributed by atoms with Crippen LogP contribution in [0, 0.1) is 6.92 Å². The van der Waals surface area contributed by atoms with Crippen molar-refractivity contribution in [3.63, 3.8) is 0 Å². The summed E-state index contributed by atoms with van der Waals surface area (Å²) in [5.74, 6) is 0.590. The summed E-state index contributed by atoms with van der Waals surface area (Å²) in [5.41, 5.74) is 6.92. The number of hydrogen-bond donors (Lipinski definition) is 2. The quantitative estimate of drug-likeness (QED) is 0.778. The van der Waals surface area contributed by atoms with E-state index in [4.69, 9.17) is 17.3 Å². The van der Waals surface area contributed by atoms with Crippen molar-refractivity contribution in [1.29, 1.82) is 0 Å². The van der Waals surface area contributed by atoms with Crippen molar-refractivity contribution in [2.75, 3.05) is 5.32 Å². The van der Waals surface area contributed by atoms with Crippen LogP contribution in [0.15, 0.2) is 6.07 Å². The summed E-state index contributed by atoms with van der Waals surface area (Å²) < 4.78 is 0. The molecule has 1 aromatic heterocycles. The maximum absolute atomic E-state index is 6.05. The van der Waals surface area contributed by atoms with Crippen molar-refractivity contribution in [2.24, 2.45) is 5.73 Å². The van der Waals surface area contributed by atoms with Crippen LogP contribution >= 0.6 is 11.6 Å². The Balaban J connectivity index is 2.07. The molecular weight excluding hydrogens is 224 g/mol. The predicted molar refractivity (Wildman–Crippen MR) is 65.6 cm³/mol. The number of rotatable bonds is 2. The Morgan fingerprint density at radius 3 is 2.81 bits per heavy atom. The lowest BCUT2D eigenvalue weighted by Crippen LogP contribution is -2.43. The SMILES string of the molecule is Cc1cc(Cl)nc(N[C@H]2CCCC[C@H]2N)n1. The Labute approximate surface area is 101 Å². The Morgan fingerprint density at radius 2 is 2.12 bits per heavy atom. The molecular formula is C11H17ClN4. The van der Waals surface area contributed by atoms with Crippen molar-refractivity contribution >= 4 is 17.5 Å². The number of anilines is 1. The van der Waals surface area contributed by atoms with E-state index in [2.05, 4.69) is 15.3 Å². The summed E-state index contributed by atoms with van der Waals surface area (Å²) in [6, 6.07) is 2.20. The average Bonchev–Trinajstić information content (AvgIpc) is 2.20. The molecule has 0 spiro atoms. The first-order chi connectivity index (χ1) is 7.65. The molecule has 1 aliphatic carbocycles. The van der Waals surface area contributed by atoms with E-state index in [1.54, 1.807) is 6.07 Å². The first kappa shape index (κ1) is 11.6. The maximum Gasteiger partial charge on any atom is 0.224 e. The van der Waals surface area contributed by atoms with Crippen LogP contribution in [0.2, 0.25) is 5.15 Å². The van der Waals surface area contributed by atoms with Crippen LogP contribution in [0.3, 0.4) is 0 Å². The van der Waals surface area contributed by atoms with Crippen molar-refractivity contribution in [3.05, 3.63) is 16.9 Å². The molecule has 0 aliphatic heterocycles. The van der Waals surface area contributed by atoms with Crippen LogP contribution in [0.5, 0.6) is 0 Å². The van der Waals surface area contributed by atoms with Gasteiger partial charge in [0.1, 0.15) is 5.15 Å². The van der Waals surface area contributed by atoms with E-state index in [0.29, 0.717) is 11.1 Å². The lowest BCUT2D eigenvalue weighted by molar-refractivity contribution is 0.402. The topological polar surface area (TPSA) is 63.8 Å². The number of hydrogen-bond acceptors (Lipinski definition) is 4. The zero-order valence-electron chi connectivity index (χ0n) is 9.41. The summed E-state index contributed by atoms with van der Waals surface area (Å²) in [5, 5.41) is 3.75. The predicted octanol–water partition coefficient (Wildman–Crippen LogP) is 2.12. The lowest BCUT2D eigenvalue weighted by Gasteiger charge is -2.29. The molecule has 1 fully saturated rings. The molecule has 0 saturated heterocycles. The molecule has 0 radical (unpaired) electrons. The smallest absolute Gasteiger partial charge is 0.224 e. The second-order valence-electron chi connectivity index (χ2n) is 4.35. The normalized spacial score (nSPS) is 25.4. The van der Waals surface area contributed by atoms with E-state index in [0.717, 1.165) is 18.5 Å². The van der Waals surface area contributed by atoms with Gasteiger partial charge in [-0.05, 0) is 25.8 Å². The molecule has 0 unspecified atom stereocenters. The summed E-state index contributed by atoms with van der Waals surface area (Å²) in [7, 11) is 0. The molecule has 2 atom stereocenters. The molecule has 4 nitrogen and oxygen atoms in total.